The van der Waals surface area contributed by atoms with Crippen LogP contribution in [0.15, 0.2) is 24.3 Å². The fraction of sp³-hybridized carbons (Fsp3) is 0.474. The highest BCUT2D eigenvalue weighted by molar-refractivity contribution is 5.94. The quantitative estimate of drug-likeness (QED) is 0.836. The third-order valence-corrected chi connectivity index (χ3v) is 4.60. The van der Waals surface area contributed by atoms with Gasteiger partial charge in [0.25, 0.3) is 5.91 Å². The zero-order valence-electron chi connectivity index (χ0n) is 15.8. The van der Waals surface area contributed by atoms with Crippen molar-refractivity contribution in [1.29, 1.82) is 0 Å². The molecule has 1 fully saturated rings. The van der Waals surface area contributed by atoms with Crippen molar-refractivity contribution < 1.29 is 19.4 Å². The SMILES string of the molecule is Cc1c(C(=O)N2CCCC2CC(=O)O)nnn1-c1ccc(OC(C)C)cc1. The number of benzene rings is 1. The van der Waals surface area contributed by atoms with Crippen molar-refractivity contribution >= 4 is 11.9 Å². The van der Waals surface area contributed by atoms with Crippen molar-refractivity contribution in [3.63, 3.8) is 0 Å². The van der Waals surface area contributed by atoms with Gasteiger partial charge in [0.15, 0.2) is 5.69 Å². The molecule has 0 radical (unpaired) electrons. The summed E-state index contributed by atoms with van der Waals surface area (Å²) in [5.74, 6) is -0.401. The van der Waals surface area contributed by atoms with Gasteiger partial charge in [0.2, 0.25) is 0 Å². The highest BCUT2D eigenvalue weighted by atomic mass is 16.5. The molecule has 1 N–H and O–H groups in total. The van der Waals surface area contributed by atoms with Gasteiger partial charge in [-0.25, -0.2) is 4.68 Å². The van der Waals surface area contributed by atoms with Gasteiger partial charge in [0, 0.05) is 12.6 Å². The van der Waals surface area contributed by atoms with Gasteiger partial charge in [-0.05, 0) is 57.9 Å². The van der Waals surface area contributed by atoms with Crippen molar-refractivity contribution in [1.82, 2.24) is 19.9 Å². The lowest BCUT2D eigenvalue weighted by molar-refractivity contribution is -0.137. The Labute approximate surface area is 157 Å². The molecule has 0 spiro atoms. The van der Waals surface area contributed by atoms with Crippen LogP contribution in [0.2, 0.25) is 0 Å². The molecule has 27 heavy (non-hydrogen) atoms. The Kier molecular flexibility index (Phi) is 5.43. The highest BCUT2D eigenvalue weighted by Crippen LogP contribution is 2.24. The smallest absolute Gasteiger partial charge is 0.305 e. The predicted octanol–water partition coefficient (Wildman–Crippen LogP) is 2.44. The Balaban J connectivity index is 1.80. The summed E-state index contributed by atoms with van der Waals surface area (Å²) < 4.78 is 7.24. The number of rotatable bonds is 6. The number of hydrogen-bond donors (Lipinski definition) is 1. The van der Waals surface area contributed by atoms with Crippen LogP contribution in [-0.4, -0.2) is 55.6 Å². The largest absolute Gasteiger partial charge is 0.491 e. The lowest BCUT2D eigenvalue weighted by Crippen LogP contribution is -2.37. The average Bonchev–Trinajstić information content (AvgIpc) is 3.21. The number of aliphatic carboxylic acids is 1. The molecule has 2 heterocycles. The molecule has 1 atom stereocenters. The lowest BCUT2D eigenvalue weighted by Gasteiger charge is -2.22. The van der Waals surface area contributed by atoms with Crippen LogP contribution in [-0.2, 0) is 4.79 Å². The molecule has 1 aromatic heterocycles. The van der Waals surface area contributed by atoms with Crippen molar-refractivity contribution in [2.24, 2.45) is 0 Å². The summed E-state index contributed by atoms with van der Waals surface area (Å²) in [4.78, 5) is 25.5. The van der Waals surface area contributed by atoms with E-state index < -0.39 is 5.97 Å². The van der Waals surface area contributed by atoms with Crippen LogP contribution in [0.3, 0.4) is 0 Å². The van der Waals surface area contributed by atoms with Gasteiger partial charge in [-0.1, -0.05) is 5.21 Å². The van der Waals surface area contributed by atoms with Gasteiger partial charge in [0.05, 0.1) is 23.9 Å². The zero-order chi connectivity index (χ0) is 19.6. The fourth-order valence-corrected chi connectivity index (χ4v) is 3.36. The Morgan fingerprint density at radius 3 is 2.63 bits per heavy atom. The number of aromatic nitrogens is 3. The third kappa shape index (κ3) is 4.10. The summed E-state index contributed by atoms with van der Waals surface area (Å²) in [5, 5.41) is 17.2. The summed E-state index contributed by atoms with van der Waals surface area (Å²) in [6.07, 6.45) is 1.54. The molecule has 0 bridgehead atoms. The van der Waals surface area contributed by atoms with Gasteiger partial charge < -0.3 is 14.7 Å². The molecule has 1 amide bonds. The van der Waals surface area contributed by atoms with Crippen LogP contribution in [0, 0.1) is 6.92 Å². The Bertz CT molecular complexity index is 829. The predicted molar refractivity (Wildman–Crippen MR) is 98.2 cm³/mol. The molecule has 1 aromatic carbocycles. The number of carbonyl (C=O) groups excluding carboxylic acids is 1. The molecule has 1 aliphatic heterocycles. The maximum atomic E-state index is 12.9. The monoisotopic (exact) mass is 372 g/mol. The minimum absolute atomic E-state index is 0.0454. The molecule has 1 unspecified atom stereocenters. The van der Waals surface area contributed by atoms with E-state index in [0.29, 0.717) is 18.7 Å². The minimum Gasteiger partial charge on any atom is -0.491 e. The number of nitrogens with zero attached hydrogens (tertiary/aromatic N) is 4. The van der Waals surface area contributed by atoms with E-state index in [2.05, 4.69) is 10.3 Å². The summed E-state index contributed by atoms with van der Waals surface area (Å²) >= 11 is 0. The van der Waals surface area contributed by atoms with E-state index in [0.717, 1.165) is 17.9 Å². The van der Waals surface area contributed by atoms with Crippen LogP contribution in [0.25, 0.3) is 5.69 Å². The molecule has 0 aliphatic carbocycles. The lowest BCUT2D eigenvalue weighted by atomic mass is 10.1. The summed E-state index contributed by atoms with van der Waals surface area (Å²) in [5.41, 5.74) is 1.66. The molecular weight excluding hydrogens is 348 g/mol. The molecule has 1 aliphatic rings. The summed E-state index contributed by atoms with van der Waals surface area (Å²) in [6.45, 7) is 6.26. The number of carboxylic acid groups (broad SMARTS) is 1. The maximum Gasteiger partial charge on any atom is 0.305 e. The van der Waals surface area contributed by atoms with E-state index in [1.165, 1.54) is 0 Å². The van der Waals surface area contributed by atoms with Crippen molar-refractivity contribution in [2.45, 2.75) is 52.2 Å². The average molecular weight is 372 g/mol. The van der Waals surface area contributed by atoms with E-state index in [4.69, 9.17) is 9.84 Å². The first-order valence-electron chi connectivity index (χ1n) is 9.09. The van der Waals surface area contributed by atoms with Crippen molar-refractivity contribution in [2.75, 3.05) is 6.54 Å². The maximum absolute atomic E-state index is 12.9. The van der Waals surface area contributed by atoms with E-state index in [1.807, 2.05) is 38.1 Å². The van der Waals surface area contributed by atoms with Crippen molar-refractivity contribution in [3.05, 3.63) is 35.7 Å². The van der Waals surface area contributed by atoms with E-state index >= 15 is 0 Å². The second kappa shape index (κ2) is 7.77. The van der Waals surface area contributed by atoms with Crippen LogP contribution in [0.1, 0.15) is 49.3 Å². The first kappa shape index (κ1) is 18.9. The molecule has 8 heteroatoms. The number of amides is 1. The fourth-order valence-electron chi connectivity index (χ4n) is 3.36. The molecule has 2 aromatic rings. The molecule has 144 valence electrons. The summed E-state index contributed by atoms with van der Waals surface area (Å²) in [7, 11) is 0. The number of hydrogen-bond acceptors (Lipinski definition) is 5. The Morgan fingerprint density at radius 1 is 1.30 bits per heavy atom. The van der Waals surface area contributed by atoms with Crippen LogP contribution in [0.4, 0.5) is 0 Å². The normalized spacial score (nSPS) is 16.7. The second-order valence-electron chi connectivity index (χ2n) is 6.99. The van der Waals surface area contributed by atoms with Crippen LogP contribution < -0.4 is 4.74 Å². The van der Waals surface area contributed by atoms with Gasteiger partial charge in [-0.15, -0.1) is 5.10 Å². The number of ether oxygens (including phenoxy) is 1. The van der Waals surface area contributed by atoms with E-state index in [-0.39, 0.29) is 30.2 Å². The molecule has 1 saturated heterocycles. The minimum atomic E-state index is -0.899. The Hall–Kier alpha value is -2.90. The molecule has 3 rings (SSSR count). The highest BCUT2D eigenvalue weighted by Gasteiger charge is 2.33. The summed E-state index contributed by atoms with van der Waals surface area (Å²) in [6, 6.07) is 7.13. The van der Waals surface area contributed by atoms with Gasteiger partial charge in [-0.2, -0.15) is 0 Å². The van der Waals surface area contributed by atoms with Crippen LogP contribution in [0.5, 0.6) is 5.75 Å². The topological polar surface area (TPSA) is 97.5 Å². The van der Waals surface area contributed by atoms with E-state index in [1.54, 1.807) is 16.5 Å². The third-order valence-electron chi connectivity index (χ3n) is 4.60. The first-order chi connectivity index (χ1) is 12.9. The molecule has 0 saturated carbocycles. The molecular formula is C19H24N4O4. The second-order valence-corrected chi connectivity index (χ2v) is 6.99. The number of carboxylic acids is 1. The molecule has 8 nitrogen and oxygen atoms in total. The van der Waals surface area contributed by atoms with Gasteiger partial charge >= 0.3 is 5.97 Å². The Morgan fingerprint density at radius 2 is 2.00 bits per heavy atom. The van der Waals surface area contributed by atoms with Crippen molar-refractivity contribution in [3.8, 4) is 11.4 Å². The number of carbonyl (C=O) groups is 2. The van der Waals surface area contributed by atoms with Crippen LogP contribution >= 0.6 is 0 Å². The standard InChI is InChI=1S/C19H24N4O4/c1-12(2)27-16-8-6-14(7-9-16)23-13(3)18(20-21-23)19(26)22-10-4-5-15(22)11-17(24)25/h6-9,12,15H,4-5,10-11H2,1-3H3,(H,24,25). The van der Waals surface area contributed by atoms with Gasteiger partial charge in [0.1, 0.15) is 5.75 Å². The van der Waals surface area contributed by atoms with E-state index in [9.17, 15) is 9.59 Å². The zero-order valence-corrected chi connectivity index (χ0v) is 15.8. The first-order valence-corrected chi connectivity index (χ1v) is 9.09. The number of likely N-dealkylation sites (tertiary alicyclic amines) is 1. The van der Waals surface area contributed by atoms with Gasteiger partial charge in [-0.3, -0.25) is 9.59 Å².